The van der Waals surface area contributed by atoms with Crippen molar-refractivity contribution in [2.45, 2.75) is 31.8 Å². The van der Waals surface area contributed by atoms with Crippen LogP contribution in [0.1, 0.15) is 43.0 Å². The Morgan fingerprint density at radius 2 is 1.95 bits per heavy atom. The summed E-state index contributed by atoms with van der Waals surface area (Å²) in [6.07, 6.45) is 1.92. The zero-order valence-electron chi connectivity index (χ0n) is 12.2. The predicted molar refractivity (Wildman–Crippen MR) is 81.9 cm³/mol. The summed E-state index contributed by atoms with van der Waals surface area (Å²) < 4.78 is 18.8. The van der Waals surface area contributed by atoms with Gasteiger partial charge in [-0.3, -0.25) is 0 Å². The van der Waals surface area contributed by atoms with Crippen LogP contribution in [0.5, 0.6) is 5.75 Å². The van der Waals surface area contributed by atoms with Crippen LogP contribution >= 0.6 is 0 Å². The lowest BCUT2D eigenvalue weighted by molar-refractivity contribution is 0.243. The van der Waals surface area contributed by atoms with Gasteiger partial charge in [0, 0.05) is 24.1 Å². The second-order valence-corrected chi connectivity index (χ2v) is 5.41. The van der Waals surface area contributed by atoms with E-state index in [2.05, 4.69) is 18.3 Å². The minimum atomic E-state index is -0.190. The minimum Gasteiger partial charge on any atom is -0.493 e. The van der Waals surface area contributed by atoms with Gasteiger partial charge in [0.2, 0.25) is 0 Å². The lowest BCUT2D eigenvalue weighted by atomic mass is 9.97. The largest absolute Gasteiger partial charge is 0.493 e. The minimum absolute atomic E-state index is 0.190. The second kappa shape index (κ2) is 6.27. The van der Waals surface area contributed by atoms with E-state index in [9.17, 15) is 4.39 Å². The van der Waals surface area contributed by atoms with Crippen molar-refractivity contribution in [3.05, 3.63) is 65.5 Å². The van der Waals surface area contributed by atoms with Crippen LogP contribution in [0.2, 0.25) is 0 Å². The summed E-state index contributed by atoms with van der Waals surface area (Å²) >= 11 is 0. The quantitative estimate of drug-likeness (QED) is 0.899. The number of halogens is 1. The molecule has 2 aromatic rings. The number of rotatable bonds is 4. The van der Waals surface area contributed by atoms with Crippen molar-refractivity contribution in [1.29, 1.82) is 0 Å². The van der Waals surface area contributed by atoms with Gasteiger partial charge in [0.1, 0.15) is 11.6 Å². The molecule has 0 spiro atoms. The first-order valence-corrected chi connectivity index (χ1v) is 7.51. The van der Waals surface area contributed by atoms with Gasteiger partial charge in [0.15, 0.2) is 0 Å². The Bertz CT molecular complexity index is 596. The van der Waals surface area contributed by atoms with Crippen LogP contribution in [0.4, 0.5) is 4.39 Å². The fraction of sp³-hybridized carbons (Fsp3) is 0.333. The van der Waals surface area contributed by atoms with Gasteiger partial charge in [0.25, 0.3) is 0 Å². The molecule has 3 heteroatoms. The average Bonchev–Trinajstić information content (AvgIpc) is 2.54. The summed E-state index contributed by atoms with van der Waals surface area (Å²) in [6.45, 7) is 2.88. The number of ether oxygens (including phenoxy) is 1. The molecule has 110 valence electrons. The van der Waals surface area contributed by atoms with Crippen molar-refractivity contribution in [2.75, 3.05) is 6.61 Å². The van der Waals surface area contributed by atoms with Crippen molar-refractivity contribution in [3.63, 3.8) is 0 Å². The van der Waals surface area contributed by atoms with Crippen LogP contribution in [0, 0.1) is 5.82 Å². The van der Waals surface area contributed by atoms with E-state index in [1.165, 1.54) is 17.7 Å². The van der Waals surface area contributed by atoms with Gasteiger partial charge in [-0.05, 0) is 30.2 Å². The highest BCUT2D eigenvalue weighted by molar-refractivity contribution is 5.37. The van der Waals surface area contributed by atoms with Gasteiger partial charge in [-0.2, -0.15) is 0 Å². The molecule has 2 unspecified atom stereocenters. The maximum absolute atomic E-state index is 13.1. The molecule has 1 aliphatic heterocycles. The van der Waals surface area contributed by atoms with E-state index < -0.39 is 0 Å². The Hall–Kier alpha value is -1.87. The summed E-state index contributed by atoms with van der Waals surface area (Å²) in [5.41, 5.74) is 2.34. The van der Waals surface area contributed by atoms with Crippen LogP contribution in [-0.4, -0.2) is 6.61 Å². The van der Waals surface area contributed by atoms with E-state index in [1.54, 1.807) is 0 Å². The highest BCUT2D eigenvalue weighted by Crippen LogP contribution is 2.33. The van der Waals surface area contributed by atoms with Gasteiger partial charge < -0.3 is 10.1 Å². The Balaban J connectivity index is 1.80. The molecule has 0 radical (unpaired) electrons. The summed E-state index contributed by atoms with van der Waals surface area (Å²) in [5.74, 6) is 0.778. The zero-order chi connectivity index (χ0) is 14.7. The highest BCUT2D eigenvalue weighted by Gasteiger charge is 2.23. The molecule has 1 heterocycles. The number of fused-ring (bicyclic) bond motifs is 1. The van der Waals surface area contributed by atoms with Crippen LogP contribution in [-0.2, 0) is 0 Å². The summed E-state index contributed by atoms with van der Waals surface area (Å²) in [7, 11) is 0. The van der Waals surface area contributed by atoms with Gasteiger partial charge in [-0.15, -0.1) is 0 Å². The fourth-order valence-corrected chi connectivity index (χ4v) is 2.90. The van der Waals surface area contributed by atoms with E-state index in [1.807, 2.05) is 30.3 Å². The molecule has 0 aromatic heterocycles. The number of hydrogen-bond donors (Lipinski definition) is 1. The zero-order valence-corrected chi connectivity index (χ0v) is 12.2. The van der Waals surface area contributed by atoms with Crippen LogP contribution in [0.15, 0.2) is 48.5 Å². The Morgan fingerprint density at radius 3 is 2.71 bits per heavy atom. The van der Waals surface area contributed by atoms with Gasteiger partial charge in [-0.1, -0.05) is 37.3 Å². The van der Waals surface area contributed by atoms with Gasteiger partial charge >= 0.3 is 0 Å². The molecule has 0 aliphatic carbocycles. The molecule has 1 aliphatic rings. The first-order chi connectivity index (χ1) is 10.3. The van der Waals surface area contributed by atoms with E-state index in [0.717, 1.165) is 30.8 Å². The lowest BCUT2D eigenvalue weighted by Crippen LogP contribution is -2.30. The molecular formula is C18H20FNO. The lowest BCUT2D eigenvalue weighted by Gasteiger charge is -2.30. The van der Waals surface area contributed by atoms with Crippen molar-refractivity contribution >= 4 is 0 Å². The van der Waals surface area contributed by atoms with E-state index in [4.69, 9.17) is 4.74 Å². The standard InChI is InChI=1S/C18H20FNO/c1-2-16(13-7-9-14(19)10-8-13)20-17-11-12-21-18-6-4-3-5-15(17)18/h3-10,16-17,20H,2,11-12H2,1H3. The van der Waals surface area contributed by atoms with E-state index in [-0.39, 0.29) is 17.9 Å². The van der Waals surface area contributed by atoms with E-state index in [0.29, 0.717) is 0 Å². The van der Waals surface area contributed by atoms with Gasteiger partial charge in [-0.25, -0.2) is 4.39 Å². The molecule has 0 saturated heterocycles. The molecule has 0 bridgehead atoms. The number of nitrogens with one attached hydrogen (secondary N) is 1. The normalized spacial score (nSPS) is 18.7. The molecule has 2 nitrogen and oxygen atoms in total. The van der Waals surface area contributed by atoms with Crippen LogP contribution in [0.3, 0.4) is 0 Å². The van der Waals surface area contributed by atoms with Crippen molar-refractivity contribution in [3.8, 4) is 5.75 Å². The second-order valence-electron chi connectivity index (χ2n) is 5.41. The first kappa shape index (κ1) is 14.1. The number of hydrogen-bond acceptors (Lipinski definition) is 2. The molecule has 2 atom stereocenters. The molecule has 21 heavy (non-hydrogen) atoms. The van der Waals surface area contributed by atoms with Crippen LogP contribution < -0.4 is 10.1 Å². The Morgan fingerprint density at radius 1 is 1.19 bits per heavy atom. The molecule has 1 N–H and O–H groups in total. The SMILES string of the molecule is CCC(NC1CCOc2ccccc21)c1ccc(F)cc1. The third-order valence-electron chi connectivity index (χ3n) is 4.04. The summed E-state index contributed by atoms with van der Waals surface area (Å²) in [6, 6.07) is 15.5. The van der Waals surface area contributed by atoms with Crippen molar-refractivity contribution in [1.82, 2.24) is 5.32 Å². The fourth-order valence-electron chi connectivity index (χ4n) is 2.90. The Labute approximate surface area is 125 Å². The van der Waals surface area contributed by atoms with Crippen molar-refractivity contribution in [2.24, 2.45) is 0 Å². The van der Waals surface area contributed by atoms with Crippen LogP contribution in [0.25, 0.3) is 0 Å². The predicted octanol–water partition coefficient (Wildman–Crippen LogP) is 4.39. The summed E-state index contributed by atoms with van der Waals surface area (Å²) in [4.78, 5) is 0. The maximum atomic E-state index is 13.1. The maximum Gasteiger partial charge on any atom is 0.124 e. The smallest absolute Gasteiger partial charge is 0.124 e. The monoisotopic (exact) mass is 285 g/mol. The third-order valence-corrected chi connectivity index (χ3v) is 4.04. The molecule has 2 aromatic carbocycles. The summed E-state index contributed by atoms with van der Waals surface area (Å²) in [5, 5.41) is 3.70. The first-order valence-electron chi connectivity index (χ1n) is 7.51. The molecular weight excluding hydrogens is 265 g/mol. The molecule has 0 fully saturated rings. The number of para-hydroxylation sites is 1. The van der Waals surface area contributed by atoms with Crippen molar-refractivity contribution < 1.29 is 9.13 Å². The van der Waals surface area contributed by atoms with E-state index >= 15 is 0 Å². The molecule has 3 rings (SSSR count). The van der Waals surface area contributed by atoms with Gasteiger partial charge in [0.05, 0.1) is 6.61 Å². The molecule has 0 amide bonds. The molecule has 0 saturated carbocycles. The third kappa shape index (κ3) is 3.08. The Kier molecular flexibility index (Phi) is 4.20. The topological polar surface area (TPSA) is 21.3 Å². The number of benzene rings is 2. The average molecular weight is 285 g/mol. The highest BCUT2D eigenvalue weighted by atomic mass is 19.1.